The maximum Gasteiger partial charge on any atom is 0.263 e. The summed E-state index contributed by atoms with van der Waals surface area (Å²) in [4.78, 5) is 5.95. The second-order valence-electron chi connectivity index (χ2n) is 5.83. The second-order valence-corrected chi connectivity index (χ2v) is 8.72. The molecule has 0 fully saturated rings. The molecule has 0 saturated heterocycles. The van der Waals surface area contributed by atoms with Gasteiger partial charge in [-0.15, -0.1) is 10.2 Å². The lowest BCUT2D eigenvalue weighted by Gasteiger charge is -2.22. The lowest BCUT2D eigenvalue weighted by molar-refractivity contribution is 0.601. The Morgan fingerprint density at radius 3 is 2.55 bits per heavy atom. The van der Waals surface area contributed by atoms with E-state index in [-0.39, 0.29) is 26.5 Å². The SMILES string of the molecule is CCN(CC)c1ccc(N=NC(=N)SC(C)=N)c(NS(=O)(=O)c2cccnc2)c1. The quantitative estimate of drug-likeness (QED) is 0.336. The van der Waals surface area contributed by atoms with E-state index in [1.54, 1.807) is 25.1 Å². The van der Waals surface area contributed by atoms with Gasteiger partial charge in [0.15, 0.2) is 0 Å². The van der Waals surface area contributed by atoms with Gasteiger partial charge in [-0.3, -0.25) is 20.5 Å². The molecular formula is C18H23N7O2S2. The van der Waals surface area contributed by atoms with Crippen LogP contribution in [0.5, 0.6) is 0 Å². The first-order valence-electron chi connectivity index (χ1n) is 8.82. The molecule has 2 aromatic rings. The Labute approximate surface area is 174 Å². The monoisotopic (exact) mass is 433 g/mol. The summed E-state index contributed by atoms with van der Waals surface area (Å²) >= 11 is 0.856. The number of aromatic nitrogens is 1. The smallest absolute Gasteiger partial charge is 0.263 e. The lowest BCUT2D eigenvalue weighted by atomic mass is 10.2. The average molecular weight is 434 g/mol. The van der Waals surface area contributed by atoms with Crippen LogP contribution in [-0.4, -0.2) is 36.7 Å². The molecule has 9 nitrogen and oxygen atoms in total. The fraction of sp³-hybridized carbons (Fsp3) is 0.278. The topological polar surface area (TPSA) is 135 Å². The minimum Gasteiger partial charge on any atom is -0.372 e. The third-order valence-electron chi connectivity index (χ3n) is 3.80. The third kappa shape index (κ3) is 6.36. The summed E-state index contributed by atoms with van der Waals surface area (Å²) in [6.07, 6.45) is 2.76. The van der Waals surface area contributed by atoms with E-state index in [1.165, 1.54) is 18.5 Å². The molecule has 1 aromatic heterocycles. The Hall–Kier alpha value is -2.79. The maximum atomic E-state index is 12.7. The lowest BCUT2D eigenvalue weighted by Crippen LogP contribution is -2.22. The van der Waals surface area contributed by atoms with Gasteiger partial charge in [0.2, 0.25) is 5.17 Å². The number of azo groups is 1. The van der Waals surface area contributed by atoms with Gasteiger partial charge in [-0.2, -0.15) is 0 Å². The molecule has 2 rings (SSSR count). The van der Waals surface area contributed by atoms with Crippen LogP contribution < -0.4 is 9.62 Å². The van der Waals surface area contributed by atoms with E-state index >= 15 is 0 Å². The highest BCUT2D eigenvalue weighted by Crippen LogP contribution is 2.32. The predicted octanol–water partition coefficient (Wildman–Crippen LogP) is 4.48. The molecule has 1 heterocycles. The van der Waals surface area contributed by atoms with Crippen LogP contribution in [0.15, 0.2) is 57.8 Å². The minimum atomic E-state index is -3.87. The van der Waals surface area contributed by atoms with Crippen LogP contribution in [0.4, 0.5) is 17.1 Å². The number of nitrogens with one attached hydrogen (secondary N) is 3. The Balaban J connectivity index is 2.44. The summed E-state index contributed by atoms with van der Waals surface area (Å²) in [5, 5.41) is 23.0. The van der Waals surface area contributed by atoms with E-state index in [0.29, 0.717) is 0 Å². The van der Waals surface area contributed by atoms with Gasteiger partial charge < -0.3 is 4.90 Å². The first-order chi connectivity index (χ1) is 13.8. The molecule has 154 valence electrons. The van der Waals surface area contributed by atoms with Crippen LogP contribution >= 0.6 is 11.8 Å². The number of hydrogen-bond acceptors (Lipinski definition) is 8. The third-order valence-corrected chi connectivity index (χ3v) is 5.73. The van der Waals surface area contributed by atoms with Crippen LogP contribution in [0.1, 0.15) is 20.8 Å². The number of nitrogens with zero attached hydrogens (tertiary/aromatic N) is 4. The molecule has 0 spiro atoms. The van der Waals surface area contributed by atoms with Crippen molar-refractivity contribution in [1.29, 1.82) is 10.8 Å². The van der Waals surface area contributed by atoms with Crippen molar-refractivity contribution in [3.8, 4) is 0 Å². The molecule has 0 bridgehead atoms. The molecule has 0 aliphatic carbocycles. The largest absolute Gasteiger partial charge is 0.372 e. The van der Waals surface area contributed by atoms with Crippen LogP contribution in [0.3, 0.4) is 0 Å². The molecule has 0 radical (unpaired) electrons. The molecule has 0 unspecified atom stereocenters. The standard InChI is InChI=1S/C18H23N7O2S2/c1-4-25(5-2)14-8-9-16(22-23-18(20)28-13(3)19)17(11-14)24-29(26,27)15-7-6-10-21-12-15/h6-12,19-20,24H,4-5H2,1-3H3. The Kier molecular flexibility index (Phi) is 7.85. The first-order valence-corrected chi connectivity index (χ1v) is 11.1. The second kappa shape index (κ2) is 10.1. The molecule has 29 heavy (non-hydrogen) atoms. The summed E-state index contributed by atoms with van der Waals surface area (Å²) in [6, 6.07) is 8.15. The fourth-order valence-corrected chi connectivity index (χ4v) is 3.85. The normalized spacial score (nSPS) is 11.4. The molecule has 11 heteroatoms. The van der Waals surface area contributed by atoms with Crippen molar-refractivity contribution in [1.82, 2.24) is 4.98 Å². The molecule has 0 saturated carbocycles. The van der Waals surface area contributed by atoms with Crippen molar-refractivity contribution in [2.24, 2.45) is 10.2 Å². The van der Waals surface area contributed by atoms with Crippen molar-refractivity contribution < 1.29 is 8.42 Å². The number of amidine groups is 1. The average Bonchev–Trinajstić information content (AvgIpc) is 2.68. The number of hydrogen-bond donors (Lipinski definition) is 3. The van der Waals surface area contributed by atoms with Crippen molar-refractivity contribution in [3.63, 3.8) is 0 Å². The molecule has 0 atom stereocenters. The van der Waals surface area contributed by atoms with Gasteiger partial charge in [-0.05, 0) is 62.9 Å². The Morgan fingerprint density at radius 2 is 1.97 bits per heavy atom. The van der Waals surface area contributed by atoms with Crippen molar-refractivity contribution in [2.75, 3.05) is 22.7 Å². The summed E-state index contributed by atoms with van der Waals surface area (Å²) in [5.74, 6) is 0. The number of benzene rings is 1. The zero-order chi connectivity index (χ0) is 21.4. The zero-order valence-corrected chi connectivity index (χ0v) is 18.0. The van der Waals surface area contributed by atoms with Gasteiger partial charge >= 0.3 is 0 Å². The molecular weight excluding hydrogens is 410 g/mol. The molecule has 3 N–H and O–H groups in total. The van der Waals surface area contributed by atoms with Crippen LogP contribution in [0.2, 0.25) is 0 Å². The van der Waals surface area contributed by atoms with Crippen LogP contribution in [-0.2, 0) is 10.0 Å². The summed E-state index contributed by atoms with van der Waals surface area (Å²) in [5.41, 5.74) is 1.34. The van der Waals surface area contributed by atoms with Crippen molar-refractivity contribution >= 4 is 49.1 Å². The van der Waals surface area contributed by atoms with Crippen LogP contribution in [0, 0.1) is 10.8 Å². The highest BCUT2D eigenvalue weighted by Gasteiger charge is 2.17. The van der Waals surface area contributed by atoms with E-state index in [4.69, 9.17) is 10.8 Å². The molecule has 0 amide bonds. The number of anilines is 2. The van der Waals surface area contributed by atoms with Gasteiger partial charge in [-0.25, -0.2) is 8.42 Å². The highest BCUT2D eigenvalue weighted by atomic mass is 32.2. The van der Waals surface area contributed by atoms with E-state index < -0.39 is 10.0 Å². The summed E-state index contributed by atoms with van der Waals surface area (Å²) in [6.45, 7) is 7.07. The molecule has 0 aliphatic heterocycles. The summed E-state index contributed by atoms with van der Waals surface area (Å²) < 4.78 is 28.0. The number of thioether (sulfide) groups is 1. The van der Waals surface area contributed by atoms with Gasteiger partial charge in [0.05, 0.1) is 10.7 Å². The van der Waals surface area contributed by atoms with E-state index in [0.717, 1.165) is 30.5 Å². The maximum absolute atomic E-state index is 12.7. The zero-order valence-electron chi connectivity index (χ0n) is 16.4. The first kappa shape index (κ1) is 22.5. The van der Waals surface area contributed by atoms with E-state index in [9.17, 15) is 8.42 Å². The van der Waals surface area contributed by atoms with Crippen molar-refractivity contribution in [2.45, 2.75) is 25.7 Å². The van der Waals surface area contributed by atoms with E-state index in [2.05, 4.69) is 24.8 Å². The van der Waals surface area contributed by atoms with Gasteiger partial charge in [-0.1, -0.05) is 0 Å². The summed E-state index contributed by atoms with van der Waals surface area (Å²) in [7, 11) is -3.87. The minimum absolute atomic E-state index is 0.0267. The van der Waals surface area contributed by atoms with E-state index in [1.807, 2.05) is 19.9 Å². The van der Waals surface area contributed by atoms with Crippen LogP contribution in [0.25, 0.3) is 0 Å². The number of pyridine rings is 1. The number of sulfonamides is 1. The Morgan fingerprint density at radius 1 is 1.24 bits per heavy atom. The van der Waals surface area contributed by atoms with Gasteiger partial charge in [0.1, 0.15) is 10.6 Å². The Bertz CT molecular complexity index is 1000. The molecule has 0 aliphatic rings. The molecule has 1 aromatic carbocycles. The predicted molar refractivity (Wildman–Crippen MR) is 118 cm³/mol. The number of rotatable bonds is 7. The van der Waals surface area contributed by atoms with Gasteiger partial charge in [0, 0.05) is 31.2 Å². The fourth-order valence-electron chi connectivity index (χ4n) is 2.45. The highest BCUT2D eigenvalue weighted by molar-refractivity contribution is 8.26. The van der Waals surface area contributed by atoms with Gasteiger partial charge in [0.25, 0.3) is 10.0 Å². The van der Waals surface area contributed by atoms with Crippen molar-refractivity contribution in [3.05, 3.63) is 42.7 Å².